The number of rotatable bonds is 4. The molecule has 1 aromatic carbocycles. The predicted molar refractivity (Wildman–Crippen MR) is 86.4 cm³/mol. The number of carbonyl (C=O) groups excluding carboxylic acids is 1. The number of halogens is 3. The molecule has 0 spiro atoms. The SMILES string of the molecule is COc1ccc(C(=O)N(C)C)cc1N[C@@H]1CCC[C@H](C(F)(F)F)C1. The van der Waals surface area contributed by atoms with Crippen LogP contribution in [0.15, 0.2) is 18.2 Å². The minimum Gasteiger partial charge on any atom is -0.495 e. The molecule has 0 radical (unpaired) electrons. The molecular weight excluding hydrogens is 321 g/mol. The Labute approximate surface area is 140 Å². The summed E-state index contributed by atoms with van der Waals surface area (Å²) in [5.41, 5.74) is 1.02. The molecule has 7 heteroatoms. The summed E-state index contributed by atoms with van der Waals surface area (Å²) >= 11 is 0. The van der Waals surface area contributed by atoms with Gasteiger partial charge in [-0.2, -0.15) is 13.2 Å². The van der Waals surface area contributed by atoms with Crippen molar-refractivity contribution in [3.63, 3.8) is 0 Å². The van der Waals surface area contributed by atoms with Crippen LogP contribution in [-0.4, -0.2) is 44.2 Å². The van der Waals surface area contributed by atoms with Gasteiger partial charge in [-0.25, -0.2) is 0 Å². The van der Waals surface area contributed by atoms with Crippen LogP contribution >= 0.6 is 0 Å². The highest BCUT2D eigenvalue weighted by Crippen LogP contribution is 2.39. The lowest BCUT2D eigenvalue weighted by Gasteiger charge is -2.32. The topological polar surface area (TPSA) is 41.6 Å². The zero-order valence-corrected chi connectivity index (χ0v) is 14.1. The molecule has 1 fully saturated rings. The molecule has 2 rings (SSSR count). The van der Waals surface area contributed by atoms with Crippen LogP contribution in [0.5, 0.6) is 5.75 Å². The number of benzene rings is 1. The maximum absolute atomic E-state index is 13.0. The summed E-state index contributed by atoms with van der Waals surface area (Å²) in [6, 6.07) is 4.65. The number of nitrogens with zero attached hydrogens (tertiary/aromatic N) is 1. The van der Waals surface area contributed by atoms with Crippen molar-refractivity contribution in [3.05, 3.63) is 23.8 Å². The third-order valence-electron chi connectivity index (χ3n) is 4.35. The van der Waals surface area contributed by atoms with Gasteiger partial charge >= 0.3 is 6.18 Å². The maximum Gasteiger partial charge on any atom is 0.391 e. The Morgan fingerprint density at radius 3 is 2.58 bits per heavy atom. The Morgan fingerprint density at radius 1 is 1.29 bits per heavy atom. The van der Waals surface area contributed by atoms with Crippen LogP contribution in [0.25, 0.3) is 0 Å². The fraction of sp³-hybridized carbons (Fsp3) is 0.588. The van der Waals surface area contributed by atoms with Gasteiger partial charge in [0.2, 0.25) is 0 Å². The average molecular weight is 344 g/mol. The molecule has 0 heterocycles. The molecule has 1 aliphatic rings. The second-order valence-electron chi connectivity index (χ2n) is 6.36. The Hall–Kier alpha value is -1.92. The van der Waals surface area contributed by atoms with Gasteiger partial charge in [0, 0.05) is 25.7 Å². The lowest BCUT2D eigenvalue weighted by Crippen LogP contribution is -2.34. The fourth-order valence-electron chi connectivity index (χ4n) is 3.05. The van der Waals surface area contributed by atoms with Crippen molar-refractivity contribution in [1.29, 1.82) is 0 Å². The number of ether oxygens (including phenoxy) is 1. The third-order valence-corrected chi connectivity index (χ3v) is 4.35. The highest BCUT2D eigenvalue weighted by molar-refractivity contribution is 5.95. The first-order valence-electron chi connectivity index (χ1n) is 7.95. The van der Waals surface area contributed by atoms with Crippen molar-refractivity contribution in [1.82, 2.24) is 4.90 Å². The highest BCUT2D eigenvalue weighted by Gasteiger charge is 2.42. The second-order valence-corrected chi connectivity index (χ2v) is 6.36. The summed E-state index contributed by atoms with van der Waals surface area (Å²) in [6.07, 6.45) is -2.74. The van der Waals surface area contributed by atoms with E-state index in [4.69, 9.17) is 4.74 Å². The number of amides is 1. The lowest BCUT2D eigenvalue weighted by molar-refractivity contribution is -0.182. The van der Waals surface area contributed by atoms with Crippen molar-refractivity contribution in [2.24, 2.45) is 5.92 Å². The monoisotopic (exact) mass is 344 g/mol. The predicted octanol–water partition coefficient (Wildman–Crippen LogP) is 3.93. The Bertz CT molecular complexity index is 588. The molecule has 1 saturated carbocycles. The smallest absolute Gasteiger partial charge is 0.391 e. The normalized spacial score (nSPS) is 21.2. The van der Waals surface area contributed by atoms with E-state index in [1.807, 2.05) is 0 Å². The van der Waals surface area contributed by atoms with E-state index >= 15 is 0 Å². The molecule has 4 nitrogen and oxygen atoms in total. The zero-order valence-electron chi connectivity index (χ0n) is 14.1. The summed E-state index contributed by atoms with van der Waals surface area (Å²) in [5, 5.41) is 3.14. The third kappa shape index (κ3) is 4.33. The highest BCUT2D eigenvalue weighted by atomic mass is 19.4. The summed E-state index contributed by atoms with van der Waals surface area (Å²) < 4.78 is 44.1. The van der Waals surface area contributed by atoms with E-state index in [2.05, 4.69) is 5.32 Å². The molecule has 0 aliphatic heterocycles. The van der Waals surface area contributed by atoms with Crippen molar-refractivity contribution >= 4 is 11.6 Å². The molecule has 1 amide bonds. The molecule has 0 unspecified atom stereocenters. The fourth-order valence-corrected chi connectivity index (χ4v) is 3.05. The zero-order chi connectivity index (χ0) is 17.9. The van der Waals surface area contributed by atoms with Crippen LogP contribution in [0, 0.1) is 5.92 Å². The van der Waals surface area contributed by atoms with Gasteiger partial charge in [0.05, 0.1) is 18.7 Å². The van der Waals surface area contributed by atoms with Gasteiger partial charge in [0.25, 0.3) is 5.91 Å². The molecule has 1 aromatic rings. The Morgan fingerprint density at radius 2 is 2.00 bits per heavy atom. The number of alkyl halides is 3. The van der Waals surface area contributed by atoms with Crippen molar-refractivity contribution in [2.75, 3.05) is 26.5 Å². The van der Waals surface area contributed by atoms with E-state index in [1.165, 1.54) is 12.0 Å². The molecule has 0 saturated heterocycles. The molecule has 134 valence electrons. The van der Waals surface area contributed by atoms with Crippen LogP contribution in [0.1, 0.15) is 36.0 Å². The second kappa shape index (κ2) is 7.32. The van der Waals surface area contributed by atoms with Crippen molar-refractivity contribution < 1.29 is 22.7 Å². The van der Waals surface area contributed by atoms with Crippen molar-refractivity contribution in [2.45, 2.75) is 37.9 Å². The van der Waals surface area contributed by atoms with Crippen molar-refractivity contribution in [3.8, 4) is 5.75 Å². The van der Waals surface area contributed by atoms with Crippen LogP contribution < -0.4 is 10.1 Å². The molecule has 24 heavy (non-hydrogen) atoms. The minimum absolute atomic E-state index is 0.0402. The van der Waals surface area contributed by atoms with Gasteiger partial charge in [-0.05, 0) is 37.5 Å². The van der Waals surface area contributed by atoms with Gasteiger partial charge in [-0.3, -0.25) is 4.79 Å². The van der Waals surface area contributed by atoms with E-state index in [0.717, 1.165) is 0 Å². The molecule has 0 aromatic heterocycles. The van der Waals surface area contributed by atoms with Crippen LogP contribution in [0.3, 0.4) is 0 Å². The van der Waals surface area contributed by atoms with Gasteiger partial charge < -0.3 is 15.0 Å². The maximum atomic E-state index is 13.0. The van der Waals surface area contributed by atoms with Gasteiger partial charge in [-0.15, -0.1) is 0 Å². The average Bonchev–Trinajstić information content (AvgIpc) is 2.53. The van der Waals surface area contributed by atoms with E-state index in [1.54, 1.807) is 32.3 Å². The number of carbonyl (C=O) groups is 1. The number of hydrogen-bond acceptors (Lipinski definition) is 3. The molecular formula is C17H23F3N2O2. The summed E-state index contributed by atoms with van der Waals surface area (Å²) in [7, 11) is 4.79. The van der Waals surface area contributed by atoms with Crippen LogP contribution in [-0.2, 0) is 0 Å². The Balaban J connectivity index is 2.18. The summed E-state index contributed by atoms with van der Waals surface area (Å²) in [6.45, 7) is 0. The number of methoxy groups -OCH3 is 1. The first-order chi connectivity index (χ1) is 11.2. The first-order valence-corrected chi connectivity index (χ1v) is 7.95. The first kappa shape index (κ1) is 18.4. The molecule has 2 atom stereocenters. The molecule has 1 N–H and O–H groups in total. The quantitative estimate of drug-likeness (QED) is 0.900. The van der Waals surface area contributed by atoms with E-state index in [9.17, 15) is 18.0 Å². The summed E-state index contributed by atoms with van der Waals surface area (Å²) in [4.78, 5) is 13.5. The molecule has 0 bridgehead atoms. The van der Waals surface area contributed by atoms with E-state index in [-0.39, 0.29) is 24.8 Å². The van der Waals surface area contributed by atoms with Crippen LogP contribution in [0.4, 0.5) is 18.9 Å². The Kier molecular flexibility index (Phi) is 5.62. The number of anilines is 1. The van der Waals surface area contributed by atoms with Gasteiger partial charge in [-0.1, -0.05) is 6.42 Å². The summed E-state index contributed by atoms with van der Waals surface area (Å²) in [5.74, 6) is -0.932. The van der Waals surface area contributed by atoms with Gasteiger partial charge in [0.15, 0.2) is 0 Å². The number of nitrogens with one attached hydrogen (secondary N) is 1. The van der Waals surface area contributed by atoms with Crippen LogP contribution in [0.2, 0.25) is 0 Å². The molecule has 1 aliphatic carbocycles. The van der Waals surface area contributed by atoms with E-state index in [0.29, 0.717) is 29.8 Å². The number of hydrogen-bond donors (Lipinski definition) is 1. The largest absolute Gasteiger partial charge is 0.495 e. The van der Waals surface area contributed by atoms with E-state index < -0.39 is 12.1 Å². The standard InChI is InChI=1S/C17H23F3N2O2/c1-22(2)16(23)11-7-8-15(24-3)14(9-11)21-13-6-4-5-12(10-13)17(18,19)20/h7-9,12-13,21H,4-6,10H2,1-3H3/t12-,13+/m0/s1. The lowest BCUT2D eigenvalue weighted by atomic mass is 9.85. The van der Waals surface area contributed by atoms with Gasteiger partial charge in [0.1, 0.15) is 5.75 Å². The minimum atomic E-state index is -4.16.